The largest absolute Gasteiger partial charge is 0.450 e. The van der Waals surface area contributed by atoms with E-state index >= 15 is 0 Å². The van der Waals surface area contributed by atoms with Gasteiger partial charge in [0.15, 0.2) is 0 Å². The van der Waals surface area contributed by atoms with Crippen LogP contribution in [0, 0.1) is 5.92 Å². The van der Waals surface area contributed by atoms with E-state index in [0.717, 1.165) is 6.08 Å². The van der Waals surface area contributed by atoms with Gasteiger partial charge in [-0.2, -0.15) is 0 Å². The van der Waals surface area contributed by atoms with Gasteiger partial charge in [0, 0.05) is 9.26 Å². The number of nitrogens with zero attached hydrogens (tertiary/aromatic N) is 2. The van der Waals surface area contributed by atoms with Crippen LogP contribution < -0.4 is 5.32 Å². The fourth-order valence-corrected chi connectivity index (χ4v) is 2.87. The third-order valence-corrected chi connectivity index (χ3v) is 4.06. The lowest BCUT2D eigenvalue weighted by Gasteiger charge is -2.41. The Labute approximate surface area is 203 Å². The van der Waals surface area contributed by atoms with E-state index in [4.69, 9.17) is 17.0 Å². The van der Waals surface area contributed by atoms with Gasteiger partial charge in [0.25, 0.3) is 11.8 Å². The van der Waals surface area contributed by atoms with Gasteiger partial charge in [-0.15, -0.1) is 0 Å². The molecule has 1 heterocycles. The highest BCUT2D eigenvalue weighted by atomic mass is 16.6. The molecule has 0 aromatic rings. The zero-order valence-corrected chi connectivity index (χ0v) is 21.3. The maximum Gasteiger partial charge on any atom is 0.421 e. The molecular formula is C23H37N3O8. The summed E-state index contributed by atoms with van der Waals surface area (Å²) in [5.74, 6) is -2.64. The molecule has 1 saturated heterocycles. The third kappa shape index (κ3) is 8.03. The molecule has 1 fully saturated rings. The van der Waals surface area contributed by atoms with Crippen molar-refractivity contribution >= 4 is 30.1 Å². The van der Waals surface area contributed by atoms with E-state index < -0.39 is 71.9 Å². The molecule has 11 heteroatoms. The zero-order valence-electron chi connectivity index (χ0n) is 23.3. The molecule has 1 aliphatic heterocycles. The number of alkyl carbamates (subject to hydrolysis) is 1. The lowest BCUT2D eigenvalue weighted by atomic mass is 9.97. The Morgan fingerprint density at radius 1 is 1.06 bits per heavy atom. The standard InChI is InChI=1S/C23H37N3O8/c1-10-32-19(29)24-13-11-12-15-17(27)26(21(31)34-23(7,8)9)16(14(2)3)18(28)25(15)20(30)33-22(4,5)6/h12,14,16H,10-11,13H2,1-9H3,(H,24,29)/b15-12-/t16-/m0/s1/i11D,13D/t11-,13-,16+/m1. The number of rotatable bonds is 5. The molecule has 3 atom stereocenters. The Bertz CT molecular complexity index is 908. The first-order chi connectivity index (χ1) is 16.3. The van der Waals surface area contributed by atoms with E-state index in [2.05, 4.69) is 5.32 Å². The van der Waals surface area contributed by atoms with Gasteiger partial charge < -0.3 is 19.5 Å². The lowest BCUT2D eigenvalue weighted by Crippen LogP contribution is -2.64. The van der Waals surface area contributed by atoms with Gasteiger partial charge in [0.2, 0.25) is 0 Å². The second-order valence-electron chi connectivity index (χ2n) is 9.77. The van der Waals surface area contributed by atoms with Gasteiger partial charge in [-0.3, -0.25) is 9.59 Å². The monoisotopic (exact) mass is 485 g/mol. The van der Waals surface area contributed by atoms with Crippen molar-refractivity contribution < 1.29 is 40.9 Å². The fraction of sp³-hybridized carbons (Fsp3) is 0.696. The van der Waals surface area contributed by atoms with Crippen LogP contribution in [0.15, 0.2) is 11.8 Å². The van der Waals surface area contributed by atoms with Crippen LogP contribution >= 0.6 is 0 Å². The Morgan fingerprint density at radius 2 is 1.59 bits per heavy atom. The van der Waals surface area contributed by atoms with E-state index in [1.54, 1.807) is 62.3 Å². The minimum Gasteiger partial charge on any atom is -0.450 e. The average molecular weight is 486 g/mol. The third-order valence-electron chi connectivity index (χ3n) is 4.06. The molecule has 1 aliphatic rings. The fourth-order valence-electron chi connectivity index (χ4n) is 2.87. The molecule has 0 aromatic heterocycles. The van der Waals surface area contributed by atoms with Crippen molar-refractivity contribution in [3.05, 3.63) is 11.8 Å². The van der Waals surface area contributed by atoms with Crippen LogP contribution in [0.3, 0.4) is 0 Å². The van der Waals surface area contributed by atoms with Crippen LogP contribution in [0.25, 0.3) is 0 Å². The molecule has 11 nitrogen and oxygen atoms in total. The summed E-state index contributed by atoms with van der Waals surface area (Å²) in [6.07, 6.45) is -4.06. The summed E-state index contributed by atoms with van der Waals surface area (Å²) in [7, 11) is 0. The number of nitrogens with one attached hydrogen (secondary N) is 1. The quantitative estimate of drug-likeness (QED) is 0.462. The van der Waals surface area contributed by atoms with Crippen molar-refractivity contribution in [3.8, 4) is 0 Å². The van der Waals surface area contributed by atoms with E-state index in [1.807, 2.05) is 0 Å². The van der Waals surface area contributed by atoms with Gasteiger partial charge in [-0.05, 0) is 60.8 Å². The summed E-state index contributed by atoms with van der Waals surface area (Å²) >= 11 is 0. The normalized spacial score (nSPS) is 21.0. The molecule has 0 spiro atoms. The Kier molecular flexibility index (Phi) is 8.51. The molecule has 1 N–H and O–H groups in total. The van der Waals surface area contributed by atoms with Gasteiger partial charge in [-0.1, -0.05) is 19.9 Å². The Balaban J connectivity index is 3.61. The second kappa shape index (κ2) is 11.3. The summed E-state index contributed by atoms with van der Waals surface area (Å²) in [6.45, 7) is 12.6. The highest BCUT2D eigenvalue weighted by molar-refractivity contribution is 6.15. The topological polar surface area (TPSA) is 132 Å². The molecule has 1 rings (SSSR count). The predicted molar refractivity (Wildman–Crippen MR) is 123 cm³/mol. The number of carbonyl (C=O) groups excluding carboxylic acids is 5. The molecule has 34 heavy (non-hydrogen) atoms. The van der Waals surface area contributed by atoms with Crippen molar-refractivity contribution in [2.24, 2.45) is 5.92 Å². The lowest BCUT2D eigenvalue weighted by molar-refractivity contribution is -0.151. The summed E-state index contributed by atoms with van der Waals surface area (Å²) < 4.78 is 31.6. The molecule has 192 valence electrons. The number of piperazine rings is 1. The molecule has 0 unspecified atom stereocenters. The summed E-state index contributed by atoms with van der Waals surface area (Å²) in [4.78, 5) is 65.8. The van der Waals surface area contributed by atoms with Gasteiger partial charge in [0.05, 0.1) is 6.61 Å². The van der Waals surface area contributed by atoms with Crippen molar-refractivity contribution in [2.75, 3.05) is 13.1 Å². The van der Waals surface area contributed by atoms with Crippen molar-refractivity contribution in [1.82, 2.24) is 15.1 Å². The summed E-state index contributed by atoms with van der Waals surface area (Å²) in [5, 5.41) is 2.11. The zero-order chi connectivity index (χ0) is 28.2. The minimum absolute atomic E-state index is 0.0309. The van der Waals surface area contributed by atoms with Crippen molar-refractivity contribution in [2.45, 2.75) is 86.0 Å². The number of imide groups is 2. The average Bonchev–Trinajstić information content (AvgIpc) is 2.66. The number of ether oxygens (including phenoxy) is 3. The van der Waals surface area contributed by atoms with Crippen LogP contribution in [0.2, 0.25) is 0 Å². The SMILES string of the molecule is [2H][C@H](/C=C1/C(=O)N(C(=O)OC(C)(C)C)[C@@H](C(C)C)C(=O)N1C(=O)OC(C)(C)C)[C@@H]([2H])NC(=O)OCC. The Hall–Kier alpha value is -3.11. The van der Waals surface area contributed by atoms with Crippen molar-refractivity contribution in [3.63, 3.8) is 0 Å². The number of amides is 5. The molecule has 0 radical (unpaired) electrons. The number of hydrogen-bond acceptors (Lipinski definition) is 8. The molecule has 0 saturated carbocycles. The van der Waals surface area contributed by atoms with Gasteiger partial charge >= 0.3 is 18.3 Å². The first kappa shape index (κ1) is 25.5. The summed E-state index contributed by atoms with van der Waals surface area (Å²) in [5.41, 5.74) is -2.70. The number of carbonyl (C=O) groups is 5. The smallest absolute Gasteiger partial charge is 0.421 e. The summed E-state index contributed by atoms with van der Waals surface area (Å²) in [6, 6.07) is -1.40. The second-order valence-corrected chi connectivity index (χ2v) is 9.77. The number of hydrogen-bond donors (Lipinski definition) is 1. The minimum atomic E-state index is -1.64. The van der Waals surface area contributed by atoms with E-state index in [-0.39, 0.29) is 6.61 Å². The molecule has 0 aromatic carbocycles. The van der Waals surface area contributed by atoms with Gasteiger partial charge in [-0.25, -0.2) is 24.2 Å². The molecule has 0 bridgehead atoms. The first-order valence-corrected chi connectivity index (χ1v) is 10.9. The van der Waals surface area contributed by atoms with Crippen LogP contribution in [0.5, 0.6) is 0 Å². The van der Waals surface area contributed by atoms with Gasteiger partial charge in [0.1, 0.15) is 22.9 Å². The first-order valence-electron chi connectivity index (χ1n) is 12.1. The molecular weight excluding hydrogens is 446 g/mol. The predicted octanol–water partition coefficient (Wildman–Crippen LogP) is 3.57. The highest BCUT2D eigenvalue weighted by Crippen LogP contribution is 2.29. The molecule has 0 aliphatic carbocycles. The van der Waals surface area contributed by atoms with Crippen LogP contribution in [-0.2, 0) is 23.8 Å². The van der Waals surface area contributed by atoms with E-state index in [9.17, 15) is 24.0 Å². The van der Waals surface area contributed by atoms with Crippen LogP contribution in [-0.4, -0.2) is 70.3 Å². The molecule has 5 amide bonds. The van der Waals surface area contributed by atoms with Crippen LogP contribution in [0.4, 0.5) is 14.4 Å². The van der Waals surface area contributed by atoms with Crippen molar-refractivity contribution in [1.29, 1.82) is 0 Å². The maximum atomic E-state index is 13.6. The Morgan fingerprint density at radius 3 is 2.06 bits per heavy atom. The van der Waals surface area contributed by atoms with E-state index in [1.165, 1.54) is 0 Å². The highest BCUT2D eigenvalue weighted by Gasteiger charge is 2.51. The van der Waals surface area contributed by atoms with Crippen LogP contribution in [0.1, 0.15) is 71.5 Å². The van der Waals surface area contributed by atoms with E-state index in [0.29, 0.717) is 9.80 Å². The maximum absolute atomic E-state index is 13.6.